The molecule has 6 heteroatoms. The van der Waals surface area contributed by atoms with E-state index in [0.717, 1.165) is 43.8 Å². The molecule has 0 saturated carbocycles. The average molecular weight is 317 g/mol. The second-order valence-electron chi connectivity index (χ2n) is 6.06. The standard InChI is InChI=1S/C17H23N3O3/c1-3-23-5-4-20-8-11-6-13-14(16(18)17(21)22)10-19(2)15(13)7-12(11)9-20/h6-7,10,16H,3-5,8-9,18H2,1-2H3,(H,21,22). The fourth-order valence-corrected chi connectivity index (χ4v) is 3.26. The molecule has 124 valence electrons. The Morgan fingerprint density at radius 2 is 2.09 bits per heavy atom. The summed E-state index contributed by atoms with van der Waals surface area (Å²) in [4.78, 5) is 13.6. The van der Waals surface area contributed by atoms with Crippen molar-refractivity contribution in [3.8, 4) is 0 Å². The van der Waals surface area contributed by atoms with Crippen LogP contribution in [-0.4, -0.2) is 40.3 Å². The molecular formula is C17H23N3O3. The van der Waals surface area contributed by atoms with Gasteiger partial charge >= 0.3 is 5.97 Å². The highest BCUT2D eigenvalue weighted by atomic mass is 16.5. The Morgan fingerprint density at radius 1 is 1.39 bits per heavy atom. The minimum absolute atomic E-state index is 0.672. The van der Waals surface area contributed by atoms with Crippen LogP contribution in [0.4, 0.5) is 0 Å². The van der Waals surface area contributed by atoms with Crippen LogP contribution in [0.2, 0.25) is 0 Å². The highest BCUT2D eigenvalue weighted by molar-refractivity contribution is 5.90. The van der Waals surface area contributed by atoms with Crippen molar-refractivity contribution in [3.63, 3.8) is 0 Å². The zero-order valence-corrected chi connectivity index (χ0v) is 13.6. The molecule has 0 saturated heterocycles. The number of carbonyl (C=O) groups is 1. The number of fused-ring (bicyclic) bond motifs is 2. The summed E-state index contributed by atoms with van der Waals surface area (Å²) in [6.07, 6.45) is 1.82. The van der Waals surface area contributed by atoms with Gasteiger partial charge in [0.25, 0.3) is 0 Å². The first-order chi connectivity index (χ1) is 11.0. The van der Waals surface area contributed by atoms with Crippen LogP contribution >= 0.6 is 0 Å². The van der Waals surface area contributed by atoms with E-state index in [4.69, 9.17) is 10.5 Å². The number of carboxylic acid groups (broad SMARTS) is 1. The number of carboxylic acids is 1. The average Bonchev–Trinajstić information content (AvgIpc) is 3.05. The fraction of sp³-hybridized carbons (Fsp3) is 0.471. The topological polar surface area (TPSA) is 80.7 Å². The van der Waals surface area contributed by atoms with Crippen molar-refractivity contribution in [2.24, 2.45) is 12.8 Å². The van der Waals surface area contributed by atoms with Gasteiger partial charge in [0, 0.05) is 56.0 Å². The first kappa shape index (κ1) is 16.0. The number of nitrogens with two attached hydrogens (primary N) is 1. The summed E-state index contributed by atoms with van der Waals surface area (Å²) in [5, 5.41) is 10.1. The van der Waals surface area contributed by atoms with Crippen molar-refractivity contribution < 1.29 is 14.6 Å². The molecular weight excluding hydrogens is 294 g/mol. The predicted octanol–water partition coefficient (Wildman–Crippen LogP) is 1.61. The second-order valence-corrected chi connectivity index (χ2v) is 6.06. The summed E-state index contributed by atoms with van der Waals surface area (Å²) >= 11 is 0. The number of aryl methyl sites for hydroxylation is 1. The van der Waals surface area contributed by atoms with Gasteiger partial charge in [0.2, 0.25) is 0 Å². The predicted molar refractivity (Wildman–Crippen MR) is 88.1 cm³/mol. The van der Waals surface area contributed by atoms with Gasteiger partial charge in [-0.25, -0.2) is 0 Å². The number of nitrogens with zero attached hydrogens (tertiary/aromatic N) is 2. The van der Waals surface area contributed by atoms with E-state index >= 15 is 0 Å². The highest BCUT2D eigenvalue weighted by Crippen LogP contribution is 2.32. The van der Waals surface area contributed by atoms with Crippen LogP contribution in [0.1, 0.15) is 29.7 Å². The van der Waals surface area contributed by atoms with Crippen molar-refractivity contribution in [2.45, 2.75) is 26.1 Å². The Bertz CT molecular complexity index is 738. The lowest BCUT2D eigenvalue weighted by molar-refractivity contribution is -0.138. The minimum Gasteiger partial charge on any atom is -0.480 e. The molecule has 1 aromatic heterocycles. The van der Waals surface area contributed by atoms with Crippen molar-refractivity contribution in [2.75, 3.05) is 19.8 Å². The fourth-order valence-electron chi connectivity index (χ4n) is 3.26. The van der Waals surface area contributed by atoms with Crippen molar-refractivity contribution >= 4 is 16.9 Å². The lowest BCUT2D eigenvalue weighted by Crippen LogP contribution is -2.21. The van der Waals surface area contributed by atoms with E-state index in [1.54, 1.807) is 0 Å². The molecule has 2 heterocycles. The molecule has 1 unspecified atom stereocenters. The van der Waals surface area contributed by atoms with Crippen molar-refractivity contribution in [3.05, 3.63) is 35.0 Å². The molecule has 0 bridgehead atoms. The molecule has 0 spiro atoms. The van der Waals surface area contributed by atoms with E-state index in [1.807, 2.05) is 24.7 Å². The van der Waals surface area contributed by atoms with Gasteiger partial charge in [-0.1, -0.05) is 0 Å². The third-order valence-electron chi connectivity index (χ3n) is 4.49. The van der Waals surface area contributed by atoms with E-state index in [1.165, 1.54) is 11.1 Å². The molecule has 2 aromatic rings. The number of hydrogen-bond acceptors (Lipinski definition) is 4. The monoisotopic (exact) mass is 317 g/mol. The first-order valence-corrected chi connectivity index (χ1v) is 7.90. The third kappa shape index (κ3) is 2.97. The van der Waals surface area contributed by atoms with Crippen LogP contribution in [0.3, 0.4) is 0 Å². The van der Waals surface area contributed by atoms with E-state index < -0.39 is 12.0 Å². The third-order valence-corrected chi connectivity index (χ3v) is 4.49. The quantitative estimate of drug-likeness (QED) is 0.791. The molecule has 1 atom stereocenters. The molecule has 0 amide bonds. The van der Waals surface area contributed by atoms with Gasteiger partial charge in [0.05, 0.1) is 6.61 Å². The lowest BCUT2D eigenvalue weighted by atomic mass is 10.0. The smallest absolute Gasteiger partial charge is 0.325 e. The summed E-state index contributed by atoms with van der Waals surface area (Å²) in [7, 11) is 1.93. The van der Waals surface area contributed by atoms with E-state index in [-0.39, 0.29) is 0 Å². The Hall–Kier alpha value is -1.89. The van der Waals surface area contributed by atoms with Gasteiger partial charge in [-0.15, -0.1) is 0 Å². The Morgan fingerprint density at radius 3 is 2.74 bits per heavy atom. The van der Waals surface area contributed by atoms with Gasteiger partial charge in [-0.3, -0.25) is 9.69 Å². The molecule has 23 heavy (non-hydrogen) atoms. The maximum absolute atomic E-state index is 11.2. The van der Waals surface area contributed by atoms with E-state index in [0.29, 0.717) is 5.56 Å². The summed E-state index contributed by atoms with van der Waals surface area (Å²) in [6, 6.07) is 3.26. The number of rotatable bonds is 6. The van der Waals surface area contributed by atoms with Gasteiger partial charge < -0.3 is 20.1 Å². The van der Waals surface area contributed by atoms with E-state index in [9.17, 15) is 9.90 Å². The SMILES string of the molecule is CCOCCN1Cc2cc3c(C(N)C(=O)O)cn(C)c3cc2C1. The Balaban J connectivity index is 1.90. The van der Waals surface area contributed by atoms with Crippen LogP contribution in [0, 0.1) is 0 Å². The zero-order valence-electron chi connectivity index (χ0n) is 13.6. The van der Waals surface area contributed by atoms with Crippen LogP contribution in [-0.2, 0) is 29.7 Å². The number of ether oxygens (including phenoxy) is 1. The maximum atomic E-state index is 11.2. The second kappa shape index (κ2) is 6.31. The minimum atomic E-state index is -1.00. The van der Waals surface area contributed by atoms with Crippen LogP contribution in [0.5, 0.6) is 0 Å². The highest BCUT2D eigenvalue weighted by Gasteiger charge is 2.24. The zero-order chi connectivity index (χ0) is 16.6. The van der Waals surface area contributed by atoms with E-state index in [2.05, 4.69) is 17.0 Å². The molecule has 3 rings (SSSR count). The summed E-state index contributed by atoms with van der Waals surface area (Å²) in [6.45, 7) is 6.15. The normalized spacial score (nSPS) is 16.0. The molecule has 6 nitrogen and oxygen atoms in total. The summed E-state index contributed by atoms with van der Waals surface area (Å²) < 4.78 is 7.38. The number of hydrogen-bond donors (Lipinski definition) is 2. The Kier molecular flexibility index (Phi) is 4.39. The van der Waals surface area contributed by atoms with Crippen molar-refractivity contribution in [1.29, 1.82) is 0 Å². The van der Waals surface area contributed by atoms with Crippen LogP contribution in [0.15, 0.2) is 18.3 Å². The Labute approximate surface area is 135 Å². The first-order valence-electron chi connectivity index (χ1n) is 7.90. The number of aromatic nitrogens is 1. The molecule has 1 aromatic carbocycles. The van der Waals surface area contributed by atoms with Gasteiger partial charge in [0.15, 0.2) is 0 Å². The van der Waals surface area contributed by atoms with Crippen LogP contribution in [0.25, 0.3) is 10.9 Å². The summed E-state index contributed by atoms with van der Waals surface area (Å²) in [5.41, 5.74) is 10.1. The number of benzene rings is 1. The molecule has 1 aliphatic heterocycles. The lowest BCUT2D eigenvalue weighted by Gasteiger charge is -2.13. The molecule has 0 aliphatic carbocycles. The van der Waals surface area contributed by atoms with Gasteiger partial charge in [-0.2, -0.15) is 0 Å². The van der Waals surface area contributed by atoms with Crippen LogP contribution < -0.4 is 5.73 Å². The molecule has 1 aliphatic rings. The largest absolute Gasteiger partial charge is 0.480 e. The molecule has 3 N–H and O–H groups in total. The summed E-state index contributed by atoms with van der Waals surface area (Å²) in [5.74, 6) is -1.00. The van der Waals surface area contributed by atoms with Crippen molar-refractivity contribution in [1.82, 2.24) is 9.47 Å². The molecule has 0 fully saturated rings. The maximum Gasteiger partial charge on any atom is 0.325 e. The van der Waals surface area contributed by atoms with Gasteiger partial charge in [0.1, 0.15) is 6.04 Å². The molecule has 0 radical (unpaired) electrons. The number of aliphatic carboxylic acids is 1. The van der Waals surface area contributed by atoms with Gasteiger partial charge in [-0.05, 0) is 30.2 Å².